The van der Waals surface area contributed by atoms with Crippen LogP contribution in [0.3, 0.4) is 0 Å². The minimum Gasteiger partial charge on any atom is -0.497 e. The van der Waals surface area contributed by atoms with Gasteiger partial charge in [0.05, 0.1) is 12.7 Å². The number of methoxy groups -OCH3 is 1. The molecule has 3 rings (SSSR count). The number of nitrogens with two attached hydrogens (primary N) is 1. The first-order valence-electron chi connectivity index (χ1n) is 6.27. The van der Waals surface area contributed by atoms with Gasteiger partial charge in [0.15, 0.2) is 11.6 Å². The number of rotatable bonds is 3. The van der Waals surface area contributed by atoms with Gasteiger partial charge in [0, 0.05) is 17.8 Å². The van der Waals surface area contributed by atoms with Gasteiger partial charge in [0.25, 0.3) is 0 Å². The Morgan fingerprint density at radius 2 is 1.86 bits per heavy atom. The van der Waals surface area contributed by atoms with Crippen LogP contribution in [0.2, 0.25) is 0 Å². The lowest BCUT2D eigenvalue weighted by molar-refractivity contribution is 0.415. The van der Waals surface area contributed by atoms with Crippen LogP contribution in [-0.4, -0.2) is 17.3 Å². The standard InChI is InChI=1S/C15H13N3O3/c1-20-11-5-2-9(3-6-11)13-14(21-18-15(13)16)10-4-7-12(19)17-8-10/h2-8H,1H3,(H2,16,18)(H,17,19). The molecule has 1 aromatic carbocycles. The molecule has 0 atom stereocenters. The van der Waals surface area contributed by atoms with E-state index in [2.05, 4.69) is 10.1 Å². The van der Waals surface area contributed by atoms with E-state index in [0.29, 0.717) is 22.7 Å². The van der Waals surface area contributed by atoms with E-state index in [1.807, 2.05) is 24.3 Å². The summed E-state index contributed by atoms with van der Waals surface area (Å²) < 4.78 is 10.4. The van der Waals surface area contributed by atoms with Gasteiger partial charge in [-0.25, -0.2) is 0 Å². The number of nitrogens with zero attached hydrogens (tertiary/aromatic N) is 1. The van der Waals surface area contributed by atoms with Gasteiger partial charge in [-0.15, -0.1) is 0 Å². The van der Waals surface area contributed by atoms with E-state index < -0.39 is 0 Å². The van der Waals surface area contributed by atoms with Crippen molar-refractivity contribution >= 4 is 5.82 Å². The van der Waals surface area contributed by atoms with E-state index in [-0.39, 0.29) is 5.56 Å². The highest BCUT2D eigenvalue weighted by Gasteiger charge is 2.17. The van der Waals surface area contributed by atoms with Crippen LogP contribution in [0.1, 0.15) is 0 Å². The largest absolute Gasteiger partial charge is 0.497 e. The lowest BCUT2D eigenvalue weighted by Gasteiger charge is -2.04. The average Bonchev–Trinajstić information content (AvgIpc) is 2.90. The van der Waals surface area contributed by atoms with Crippen molar-refractivity contribution in [1.82, 2.24) is 10.1 Å². The summed E-state index contributed by atoms with van der Waals surface area (Å²) in [6.45, 7) is 0. The average molecular weight is 283 g/mol. The molecule has 0 unspecified atom stereocenters. The van der Waals surface area contributed by atoms with Crippen LogP contribution in [0, 0.1) is 0 Å². The third kappa shape index (κ3) is 2.38. The molecule has 0 saturated heterocycles. The van der Waals surface area contributed by atoms with E-state index in [0.717, 1.165) is 11.3 Å². The van der Waals surface area contributed by atoms with Gasteiger partial charge in [0.2, 0.25) is 5.56 Å². The molecular weight excluding hydrogens is 270 g/mol. The molecule has 0 spiro atoms. The lowest BCUT2D eigenvalue weighted by Crippen LogP contribution is -2.01. The summed E-state index contributed by atoms with van der Waals surface area (Å²) in [7, 11) is 1.61. The normalized spacial score (nSPS) is 10.5. The van der Waals surface area contributed by atoms with Gasteiger partial charge in [-0.2, -0.15) is 0 Å². The Morgan fingerprint density at radius 3 is 2.48 bits per heavy atom. The lowest BCUT2D eigenvalue weighted by atomic mass is 10.0. The number of nitrogens with one attached hydrogen (secondary N) is 1. The highest BCUT2D eigenvalue weighted by molar-refractivity contribution is 5.86. The molecule has 0 aliphatic heterocycles. The van der Waals surface area contributed by atoms with Crippen LogP contribution in [-0.2, 0) is 0 Å². The first kappa shape index (κ1) is 13.0. The number of pyridine rings is 1. The summed E-state index contributed by atoms with van der Waals surface area (Å²) in [5.41, 5.74) is 7.96. The topological polar surface area (TPSA) is 94.1 Å². The van der Waals surface area contributed by atoms with Gasteiger partial charge in [-0.05, 0) is 23.8 Å². The van der Waals surface area contributed by atoms with Crippen molar-refractivity contribution in [3.63, 3.8) is 0 Å². The molecular formula is C15H13N3O3. The maximum absolute atomic E-state index is 11.1. The molecule has 0 aliphatic rings. The van der Waals surface area contributed by atoms with Gasteiger partial charge in [0.1, 0.15) is 5.75 Å². The van der Waals surface area contributed by atoms with Gasteiger partial charge in [-0.1, -0.05) is 17.3 Å². The highest BCUT2D eigenvalue weighted by atomic mass is 16.5. The summed E-state index contributed by atoms with van der Waals surface area (Å²) in [6, 6.07) is 10.5. The van der Waals surface area contributed by atoms with Crippen molar-refractivity contribution < 1.29 is 9.26 Å². The fourth-order valence-electron chi connectivity index (χ4n) is 2.09. The molecule has 3 N–H and O–H groups in total. The zero-order valence-electron chi connectivity index (χ0n) is 11.3. The quantitative estimate of drug-likeness (QED) is 0.769. The number of benzene rings is 1. The number of nitrogen functional groups attached to an aromatic ring is 1. The van der Waals surface area contributed by atoms with E-state index in [4.69, 9.17) is 15.0 Å². The Balaban J connectivity index is 2.11. The summed E-state index contributed by atoms with van der Waals surface area (Å²) in [4.78, 5) is 13.7. The number of anilines is 1. The summed E-state index contributed by atoms with van der Waals surface area (Å²) >= 11 is 0. The molecule has 0 saturated carbocycles. The van der Waals surface area contributed by atoms with Crippen LogP contribution >= 0.6 is 0 Å². The van der Waals surface area contributed by atoms with Crippen molar-refractivity contribution in [3.05, 3.63) is 52.9 Å². The Labute approximate surface area is 120 Å². The molecule has 106 valence electrons. The van der Waals surface area contributed by atoms with E-state index >= 15 is 0 Å². The van der Waals surface area contributed by atoms with Crippen LogP contribution in [0.5, 0.6) is 5.75 Å². The summed E-state index contributed by atoms with van der Waals surface area (Å²) in [5, 5.41) is 3.81. The minimum absolute atomic E-state index is 0.183. The third-order valence-electron chi connectivity index (χ3n) is 3.14. The van der Waals surface area contributed by atoms with Crippen molar-refractivity contribution in [3.8, 4) is 28.2 Å². The minimum atomic E-state index is -0.183. The number of aromatic nitrogens is 2. The summed E-state index contributed by atoms with van der Waals surface area (Å²) in [5.74, 6) is 1.55. The molecule has 0 fully saturated rings. The van der Waals surface area contributed by atoms with Crippen molar-refractivity contribution in [1.29, 1.82) is 0 Å². The Morgan fingerprint density at radius 1 is 1.14 bits per heavy atom. The van der Waals surface area contributed by atoms with Crippen molar-refractivity contribution in [2.45, 2.75) is 0 Å². The molecule has 2 aromatic heterocycles. The number of hydrogen-bond acceptors (Lipinski definition) is 5. The predicted octanol–water partition coefficient (Wildman–Crippen LogP) is 2.29. The van der Waals surface area contributed by atoms with Crippen molar-refractivity contribution in [2.24, 2.45) is 0 Å². The molecule has 2 heterocycles. The molecule has 0 bridgehead atoms. The third-order valence-corrected chi connectivity index (χ3v) is 3.14. The maximum Gasteiger partial charge on any atom is 0.247 e. The molecule has 0 amide bonds. The second kappa shape index (κ2) is 5.16. The molecule has 0 radical (unpaired) electrons. The fraction of sp³-hybridized carbons (Fsp3) is 0.0667. The van der Waals surface area contributed by atoms with Gasteiger partial charge >= 0.3 is 0 Å². The van der Waals surface area contributed by atoms with Crippen LogP contribution in [0.25, 0.3) is 22.5 Å². The Bertz CT molecular complexity index is 798. The zero-order chi connectivity index (χ0) is 14.8. The SMILES string of the molecule is COc1ccc(-c2c(N)noc2-c2ccc(=O)[nH]c2)cc1. The van der Waals surface area contributed by atoms with Crippen molar-refractivity contribution in [2.75, 3.05) is 12.8 Å². The number of H-pyrrole nitrogens is 1. The van der Waals surface area contributed by atoms with E-state index in [9.17, 15) is 4.79 Å². The van der Waals surface area contributed by atoms with E-state index in [1.54, 1.807) is 19.4 Å². The zero-order valence-corrected chi connectivity index (χ0v) is 11.3. The monoisotopic (exact) mass is 283 g/mol. The second-order valence-corrected chi connectivity index (χ2v) is 4.44. The number of ether oxygens (including phenoxy) is 1. The number of aromatic amines is 1. The van der Waals surface area contributed by atoms with Gasteiger partial charge in [-0.3, -0.25) is 4.79 Å². The summed E-state index contributed by atoms with van der Waals surface area (Å²) in [6.07, 6.45) is 1.56. The molecule has 0 aliphatic carbocycles. The van der Waals surface area contributed by atoms with Crippen LogP contribution in [0.4, 0.5) is 5.82 Å². The van der Waals surface area contributed by atoms with Crippen LogP contribution < -0.4 is 16.0 Å². The predicted molar refractivity (Wildman–Crippen MR) is 79.0 cm³/mol. The van der Waals surface area contributed by atoms with Gasteiger partial charge < -0.3 is 20.0 Å². The number of hydrogen-bond donors (Lipinski definition) is 2. The first-order valence-corrected chi connectivity index (χ1v) is 6.27. The Hall–Kier alpha value is -3.02. The van der Waals surface area contributed by atoms with E-state index in [1.165, 1.54) is 6.07 Å². The fourth-order valence-corrected chi connectivity index (χ4v) is 2.09. The first-order chi connectivity index (χ1) is 10.2. The van der Waals surface area contributed by atoms with Crippen LogP contribution in [0.15, 0.2) is 51.9 Å². The Kier molecular flexibility index (Phi) is 3.19. The smallest absolute Gasteiger partial charge is 0.247 e. The molecule has 6 heteroatoms. The highest BCUT2D eigenvalue weighted by Crippen LogP contribution is 2.36. The second-order valence-electron chi connectivity index (χ2n) is 4.44. The molecule has 6 nitrogen and oxygen atoms in total. The molecule has 21 heavy (non-hydrogen) atoms. The molecule has 3 aromatic rings. The maximum atomic E-state index is 11.1.